The van der Waals surface area contributed by atoms with Crippen molar-refractivity contribution >= 4 is 0 Å². The van der Waals surface area contributed by atoms with Gasteiger partial charge in [-0.05, 0) is 19.0 Å². The van der Waals surface area contributed by atoms with Crippen LogP contribution < -0.4 is 10.1 Å². The molecule has 0 saturated heterocycles. The molecule has 2 nitrogen and oxygen atoms in total. The molecule has 0 amide bonds. The SMILES string of the molecule is CCCNCc1ccccc1OC. The number of nitrogens with one attached hydrogen (secondary N) is 1. The Labute approximate surface area is 79.9 Å². The maximum atomic E-state index is 5.24. The van der Waals surface area contributed by atoms with Crippen molar-refractivity contribution in [2.75, 3.05) is 13.7 Å². The molecule has 0 aromatic heterocycles. The van der Waals surface area contributed by atoms with Gasteiger partial charge in [-0.1, -0.05) is 25.1 Å². The van der Waals surface area contributed by atoms with Gasteiger partial charge in [0, 0.05) is 12.1 Å². The number of ether oxygens (including phenoxy) is 1. The highest BCUT2D eigenvalue weighted by Gasteiger charge is 1.99. The van der Waals surface area contributed by atoms with E-state index < -0.39 is 0 Å². The van der Waals surface area contributed by atoms with Crippen molar-refractivity contribution in [3.63, 3.8) is 0 Å². The smallest absolute Gasteiger partial charge is 0.123 e. The van der Waals surface area contributed by atoms with Gasteiger partial charge in [-0.2, -0.15) is 0 Å². The molecule has 1 aromatic carbocycles. The Morgan fingerprint density at radius 1 is 1.31 bits per heavy atom. The van der Waals surface area contributed by atoms with Crippen LogP contribution in [0.4, 0.5) is 0 Å². The van der Waals surface area contributed by atoms with Crippen LogP contribution in [0.15, 0.2) is 24.3 Å². The average Bonchev–Trinajstić information content (AvgIpc) is 2.19. The van der Waals surface area contributed by atoms with Gasteiger partial charge < -0.3 is 10.1 Å². The minimum atomic E-state index is 0.887. The second kappa shape index (κ2) is 5.60. The lowest BCUT2D eigenvalue weighted by Gasteiger charge is -2.08. The lowest BCUT2D eigenvalue weighted by Crippen LogP contribution is -2.14. The summed E-state index contributed by atoms with van der Waals surface area (Å²) in [4.78, 5) is 0. The predicted molar refractivity (Wildman–Crippen MR) is 55.0 cm³/mol. The normalized spacial score (nSPS) is 10.0. The number of hydrogen-bond donors (Lipinski definition) is 1. The van der Waals surface area contributed by atoms with Gasteiger partial charge in [-0.25, -0.2) is 0 Å². The Kier molecular flexibility index (Phi) is 4.33. The van der Waals surface area contributed by atoms with Crippen LogP contribution in [-0.4, -0.2) is 13.7 Å². The summed E-state index contributed by atoms with van der Waals surface area (Å²) in [6.07, 6.45) is 1.16. The molecule has 13 heavy (non-hydrogen) atoms. The molecule has 1 aromatic rings. The van der Waals surface area contributed by atoms with Crippen molar-refractivity contribution in [3.8, 4) is 5.75 Å². The summed E-state index contributed by atoms with van der Waals surface area (Å²) in [7, 11) is 1.71. The molecule has 0 aliphatic carbocycles. The lowest BCUT2D eigenvalue weighted by atomic mass is 10.2. The Hall–Kier alpha value is -1.02. The van der Waals surface area contributed by atoms with Gasteiger partial charge in [-0.3, -0.25) is 0 Å². The van der Waals surface area contributed by atoms with Crippen LogP contribution in [0, 0.1) is 0 Å². The molecule has 0 bridgehead atoms. The first-order valence-corrected chi connectivity index (χ1v) is 4.71. The number of rotatable bonds is 5. The van der Waals surface area contributed by atoms with Crippen LogP contribution in [0.1, 0.15) is 18.9 Å². The number of methoxy groups -OCH3 is 1. The van der Waals surface area contributed by atoms with E-state index >= 15 is 0 Å². The molecule has 0 radical (unpaired) electrons. The minimum absolute atomic E-state index is 0.887. The Morgan fingerprint density at radius 3 is 2.77 bits per heavy atom. The van der Waals surface area contributed by atoms with Crippen molar-refractivity contribution in [1.29, 1.82) is 0 Å². The zero-order chi connectivity index (χ0) is 9.52. The fourth-order valence-electron chi connectivity index (χ4n) is 1.25. The van der Waals surface area contributed by atoms with E-state index in [1.54, 1.807) is 7.11 Å². The Bertz CT molecular complexity index is 248. The Morgan fingerprint density at radius 2 is 2.08 bits per heavy atom. The molecule has 0 heterocycles. The summed E-state index contributed by atoms with van der Waals surface area (Å²) in [5.74, 6) is 0.964. The van der Waals surface area contributed by atoms with E-state index in [1.165, 1.54) is 5.56 Å². The third kappa shape index (κ3) is 3.07. The number of para-hydroxylation sites is 1. The zero-order valence-electron chi connectivity index (χ0n) is 8.34. The zero-order valence-corrected chi connectivity index (χ0v) is 8.34. The molecule has 72 valence electrons. The van der Waals surface area contributed by atoms with Gasteiger partial charge in [0.15, 0.2) is 0 Å². The molecule has 0 fully saturated rings. The van der Waals surface area contributed by atoms with E-state index in [4.69, 9.17) is 4.74 Å². The summed E-state index contributed by atoms with van der Waals surface area (Å²) in [5, 5.41) is 3.35. The highest BCUT2D eigenvalue weighted by atomic mass is 16.5. The van der Waals surface area contributed by atoms with E-state index in [0.717, 1.165) is 25.3 Å². The molecular formula is C11H17NO. The molecular weight excluding hydrogens is 162 g/mol. The highest BCUT2D eigenvalue weighted by Crippen LogP contribution is 2.16. The number of hydrogen-bond acceptors (Lipinski definition) is 2. The minimum Gasteiger partial charge on any atom is -0.496 e. The summed E-state index contributed by atoms with van der Waals surface area (Å²) in [6.45, 7) is 4.10. The molecule has 0 aliphatic rings. The maximum absolute atomic E-state index is 5.24. The van der Waals surface area contributed by atoms with Crippen molar-refractivity contribution in [1.82, 2.24) is 5.32 Å². The van der Waals surface area contributed by atoms with E-state index in [2.05, 4.69) is 18.3 Å². The molecule has 0 spiro atoms. The van der Waals surface area contributed by atoms with Crippen molar-refractivity contribution < 1.29 is 4.74 Å². The van der Waals surface area contributed by atoms with Crippen LogP contribution in [-0.2, 0) is 6.54 Å². The molecule has 0 atom stereocenters. The summed E-state index contributed by atoms with van der Waals surface area (Å²) in [5.41, 5.74) is 1.22. The molecule has 0 aliphatic heterocycles. The quantitative estimate of drug-likeness (QED) is 0.700. The van der Waals surface area contributed by atoms with E-state index in [9.17, 15) is 0 Å². The van der Waals surface area contributed by atoms with Gasteiger partial charge in [0.05, 0.1) is 7.11 Å². The van der Waals surface area contributed by atoms with Crippen molar-refractivity contribution in [3.05, 3.63) is 29.8 Å². The van der Waals surface area contributed by atoms with E-state index in [1.807, 2.05) is 18.2 Å². The topological polar surface area (TPSA) is 21.3 Å². The van der Waals surface area contributed by atoms with Gasteiger partial charge in [0.1, 0.15) is 5.75 Å². The van der Waals surface area contributed by atoms with Gasteiger partial charge in [0.25, 0.3) is 0 Å². The Balaban J connectivity index is 2.54. The van der Waals surface area contributed by atoms with Gasteiger partial charge in [0.2, 0.25) is 0 Å². The first kappa shape index (κ1) is 10.1. The molecule has 0 unspecified atom stereocenters. The monoisotopic (exact) mass is 179 g/mol. The van der Waals surface area contributed by atoms with E-state index in [-0.39, 0.29) is 0 Å². The van der Waals surface area contributed by atoms with Crippen LogP contribution in [0.2, 0.25) is 0 Å². The largest absolute Gasteiger partial charge is 0.496 e. The molecule has 2 heteroatoms. The first-order chi connectivity index (χ1) is 6.38. The standard InChI is InChI=1S/C11H17NO/c1-3-8-12-9-10-6-4-5-7-11(10)13-2/h4-7,12H,3,8-9H2,1-2H3. The molecule has 1 rings (SSSR count). The number of benzene rings is 1. The summed E-state index contributed by atoms with van der Waals surface area (Å²) >= 11 is 0. The van der Waals surface area contributed by atoms with Gasteiger partial charge in [-0.15, -0.1) is 0 Å². The second-order valence-electron chi connectivity index (χ2n) is 2.99. The van der Waals surface area contributed by atoms with E-state index in [0.29, 0.717) is 0 Å². The average molecular weight is 179 g/mol. The maximum Gasteiger partial charge on any atom is 0.123 e. The van der Waals surface area contributed by atoms with Crippen molar-refractivity contribution in [2.45, 2.75) is 19.9 Å². The highest BCUT2D eigenvalue weighted by molar-refractivity contribution is 5.32. The van der Waals surface area contributed by atoms with Crippen LogP contribution in [0.5, 0.6) is 5.75 Å². The third-order valence-corrected chi connectivity index (χ3v) is 1.93. The summed E-state index contributed by atoms with van der Waals surface area (Å²) in [6, 6.07) is 8.10. The van der Waals surface area contributed by atoms with Crippen LogP contribution in [0.3, 0.4) is 0 Å². The fourth-order valence-corrected chi connectivity index (χ4v) is 1.25. The first-order valence-electron chi connectivity index (χ1n) is 4.71. The summed E-state index contributed by atoms with van der Waals surface area (Å²) < 4.78 is 5.24. The van der Waals surface area contributed by atoms with Gasteiger partial charge >= 0.3 is 0 Å². The molecule has 0 saturated carbocycles. The second-order valence-corrected chi connectivity index (χ2v) is 2.99. The van der Waals surface area contributed by atoms with Crippen LogP contribution in [0.25, 0.3) is 0 Å². The van der Waals surface area contributed by atoms with Crippen molar-refractivity contribution in [2.24, 2.45) is 0 Å². The fraction of sp³-hybridized carbons (Fsp3) is 0.455. The predicted octanol–water partition coefficient (Wildman–Crippen LogP) is 2.19. The lowest BCUT2D eigenvalue weighted by molar-refractivity contribution is 0.407. The van der Waals surface area contributed by atoms with Crippen LogP contribution >= 0.6 is 0 Å². The third-order valence-electron chi connectivity index (χ3n) is 1.93. The molecule has 1 N–H and O–H groups in total.